The van der Waals surface area contributed by atoms with E-state index in [2.05, 4.69) is 93.7 Å². The lowest BCUT2D eigenvalue weighted by Gasteiger charge is -2.40. The maximum absolute atomic E-state index is 13.0. The third-order valence-electron chi connectivity index (χ3n) is 11.8. The Balaban J connectivity index is 2.73. The molecule has 0 saturated carbocycles. The summed E-state index contributed by atoms with van der Waals surface area (Å²) >= 11 is 0. The van der Waals surface area contributed by atoms with Gasteiger partial charge in [-0.3, -0.25) is 14.4 Å². The van der Waals surface area contributed by atoms with Gasteiger partial charge in [0.05, 0.1) is 6.61 Å². The minimum Gasteiger partial charge on any atom is -0.479 e. The summed E-state index contributed by atoms with van der Waals surface area (Å²) in [6.45, 7) is 5.77. The molecule has 1 rings (SSSR count). The van der Waals surface area contributed by atoms with E-state index in [1.54, 1.807) is 0 Å². The minimum absolute atomic E-state index is 0.00563. The molecule has 1 heterocycles. The first-order valence-electron chi connectivity index (χ1n) is 26.9. The van der Waals surface area contributed by atoms with E-state index >= 15 is 0 Å². The Bertz CT molecular complexity index is 1480. The van der Waals surface area contributed by atoms with Crippen LogP contribution in [0.4, 0.5) is 0 Å². The van der Waals surface area contributed by atoms with Crippen LogP contribution in [0.3, 0.4) is 0 Å². The Morgan fingerprint density at radius 1 is 0.493 bits per heavy atom. The van der Waals surface area contributed by atoms with Crippen LogP contribution in [0.1, 0.15) is 213 Å². The van der Waals surface area contributed by atoms with E-state index in [4.69, 9.17) is 23.7 Å². The predicted octanol–water partition coefficient (Wildman–Crippen LogP) is 13.0. The largest absolute Gasteiger partial charge is 0.479 e. The Kier molecular flexibility index (Phi) is 41.5. The molecule has 0 aromatic rings. The van der Waals surface area contributed by atoms with Crippen LogP contribution in [-0.4, -0.2) is 89.2 Å². The van der Waals surface area contributed by atoms with E-state index in [1.807, 2.05) is 0 Å². The average molecular weight is 971 g/mol. The third kappa shape index (κ3) is 35.8. The number of allylic oxidation sites excluding steroid dienone is 12. The molecule has 0 aliphatic carbocycles. The average Bonchev–Trinajstić information content (AvgIpc) is 3.33. The van der Waals surface area contributed by atoms with Crippen LogP contribution in [0.5, 0.6) is 0 Å². The molecule has 12 heteroatoms. The Morgan fingerprint density at radius 2 is 0.913 bits per heavy atom. The summed E-state index contributed by atoms with van der Waals surface area (Å²) in [6.07, 6.45) is 43.2. The van der Waals surface area contributed by atoms with Crippen LogP contribution >= 0.6 is 0 Å². The Labute approximate surface area is 417 Å². The number of aliphatic carboxylic acids is 1. The van der Waals surface area contributed by atoms with Crippen molar-refractivity contribution in [1.29, 1.82) is 0 Å². The highest BCUT2D eigenvalue weighted by molar-refractivity contribution is 5.74. The van der Waals surface area contributed by atoms with Gasteiger partial charge in [-0.2, -0.15) is 0 Å². The molecule has 0 amide bonds. The fourth-order valence-corrected chi connectivity index (χ4v) is 7.62. The van der Waals surface area contributed by atoms with Crippen LogP contribution in [0, 0.1) is 0 Å². The first-order chi connectivity index (χ1) is 33.6. The molecular weight excluding hydrogens is 877 g/mol. The van der Waals surface area contributed by atoms with Crippen molar-refractivity contribution < 1.29 is 58.2 Å². The summed E-state index contributed by atoms with van der Waals surface area (Å²) in [5, 5.41) is 31.3. The SMILES string of the molecule is CC/C=C\C/C=C\C/C=C\C/C=C\CCCCC(=O)OC1C(OCC(COC(=O)CCCCCCC/C=C\C/C=C\CCCCC)OC(=O)CCCCCCCCCCC)OC(C(=O)O)C(O)C1O. The Hall–Kier alpha value is -3.84. The number of carboxylic acid groups (broad SMARTS) is 1. The standard InChI is InChI=1S/C57H94O12/c1-4-7-10-13-16-19-21-23-25-27-29-32-34-37-40-43-49(58)65-46-48(67-50(59)44-41-38-35-31-18-15-12-9-6-3)47-66-57-55(53(62)52(61)54(69-57)56(63)64)68-51(60)45-42-39-36-33-30-28-26-24-22-20-17-14-11-8-5-2/h8,11,16-17,19-20,23-26,30,33,48,52-55,57,61-62H,4-7,9-10,12-15,18,21-22,27-29,31-32,34-47H2,1-3H3,(H,63,64)/b11-8-,19-16-,20-17-,25-23-,26-24-,33-30-. The monoisotopic (exact) mass is 971 g/mol. The zero-order chi connectivity index (χ0) is 50.4. The van der Waals surface area contributed by atoms with Gasteiger partial charge in [-0.25, -0.2) is 4.79 Å². The maximum Gasteiger partial charge on any atom is 0.335 e. The van der Waals surface area contributed by atoms with E-state index in [9.17, 15) is 34.5 Å². The number of carboxylic acids is 1. The van der Waals surface area contributed by atoms with Crippen molar-refractivity contribution in [2.24, 2.45) is 0 Å². The molecule has 0 aromatic carbocycles. The smallest absolute Gasteiger partial charge is 0.335 e. The minimum atomic E-state index is -1.92. The van der Waals surface area contributed by atoms with E-state index in [1.165, 1.54) is 51.4 Å². The summed E-state index contributed by atoms with van der Waals surface area (Å²) in [5.74, 6) is -3.20. The number of carbonyl (C=O) groups is 4. The lowest BCUT2D eigenvalue weighted by Crippen LogP contribution is -2.61. The predicted molar refractivity (Wildman–Crippen MR) is 275 cm³/mol. The molecule has 0 spiro atoms. The van der Waals surface area contributed by atoms with Crippen LogP contribution in [0.2, 0.25) is 0 Å². The summed E-state index contributed by atoms with van der Waals surface area (Å²) < 4.78 is 28.2. The lowest BCUT2D eigenvalue weighted by molar-refractivity contribution is -0.301. The summed E-state index contributed by atoms with van der Waals surface area (Å²) in [5.41, 5.74) is 0. The number of unbranched alkanes of at least 4 members (excludes halogenated alkanes) is 18. The number of aliphatic hydroxyl groups excluding tert-OH is 2. The van der Waals surface area contributed by atoms with Crippen molar-refractivity contribution in [3.8, 4) is 0 Å². The fraction of sp³-hybridized carbons (Fsp3) is 0.719. The maximum atomic E-state index is 13.0. The summed E-state index contributed by atoms with van der Waals surface area (Å²) in [4.78, 5) is 50.8. The van der Waals surface area contributed by atoms with E-state index in [0.29, 0.717) is 25.7 Å². The molecule has 6 atom stereocenters. The fourth-order valence-electron chi connectivity index (χ4n) is 7.62. The summed E-state index contributed by atoms with van der Waals surface area (Å²) in [6, 6.07) is 0. The molecule has 1 aliphatic rings. The second-order valence-corrected chi connectivity index (χ2v) is 18.1. The number of aliphatic hydroxyl groups is 2. The van der Waals surface area contributed by atoms with Gasteiger partial charge in [0.1, 0.15) is 18.8 Å². The van der Waals surface area contributed by atoms with Gasteiger partial charge >= 0.3 is 23.9 Å². The van der Waals surface area contributed by atoms with Crippen molar-refractivity contribution >= 4 is 23.9 Å². The van der Waals surface area contributed by atoms with Crippen molar-refractivity contribution in [1.82, 2.24) is 0 Å². The quantitative estimate of drug-likeness (QED) is 0.0228. The van der Waals surface area contributed by atoms with E-state index < -0.39 is 67.3 Å². The van der Waals surface area contributed by atoms with Crippen molar-refractivity contribution in [3.05, 3.63) is 72.9 Å². The van der Waals surface area contributed by atoms with Crippen molar-refractivity contribution in [3.63, 3.8) is 0 Å². The number of ether oxygens (including phenoxy) is 5. The van der Waals surface area contributed by atoms with Gasteiger partial charge in [-0.05, 0) is 89.9 Å². The molecule has 12 nitrogen and oxygen atoms in total. The highest BCUT2D eigenvalue weighted by atomic mass is 16.7. The molecule has 6 unspecified atom stereocenters. The second kappa shape index (κ2) is 45.3. The number of hydrogen-bond acceptors (Lipinski definition) is 11. The number of carbonyl (C=O) groups excluding carboxylic acids is 3. The molecule has 1 saturated heterocycles. The van der Waals surface area contributed by atoms with E-state index in [0.717, 1.165) is 96.3 Å². The molecule has 394 valence electrons. The van der Waals surface area contributed by atoms with E-state index in [-0.39, 0.29) is 25.9 Å². The van der Waals surface area contributed by atoms with Gasteiger partial charge < -0.3 is 39.0 Å². The highest BCUT2D eigenvalue weighted by Gasteiger charge is 2.50. The third-order valence-corrected chi connectivity index (χ3v) is 11.8. The van der Waals surface area contributed by atoms with Crippen LogP contribution in [-0.2, 0) is 42.9 Å². The van der Waals surface area contributed by atoms with Gasteiger partial charge in [-0.1, -0.05) is 177 Å². The number of hydrogen-bond donors (Lipinski definition) is 3. The molecule has 0 aromatic heterocycles. The Morgan fingerprint density at radius 3 is 1.45 bits per heavy atom. The van der Waals surface area contributed by atoms with Gasteiger partial charge in [0.2, 0.25) is 0 Å². The first kappa shape index (κ1) is 63.2. The normalized spacial score (nSPS) is 19.2. The molecule has 0 radical (unpaired) electrons. The molecule has 1 aliphatic heterocycles. The van der Waals surface area contributed by atoms with Gasteiger partial charge in [-0.15, -0.1) is 0 Å². The molecular formula is C57H94O12. The van der Waals surface area contributed by atoms with Crippen molar-refractivity contribution in [2.75, 3.05) is 13.2 Å². The molecule has 3 N–H and O–H groups in total. The molecule has 69 heavy (non-hydrogen) atoms. The van der Waals surface area contributed by atoms with Crippen LogP contribution in [0.25, 0.3) is 0 Å². The zero-order valence-electron chi connectivity index (χ0n) is 43.0. The van der Waals surface area contributed by atoms with Crippen molar-refractivity contribution in [2.45, 2.75) is 250 Å². The highest BCUT2D eigenvalue weighted by Crippen LogP contribution is 2.26. The zero-order valence-corrected chi connectivity index (χ0v) is 43.0. The van der Waals surface area contributed by atoms with Gasteiger partial charge in [0.15, 0.2) is 24.6 Å². The number of rotatable bonds is 44. The lowest BCUT2D eigenvalue weighted by atomic mass is 9.98. The molecule has 1 fully saturated rings. The second-order valence-electron chi connectivity index (χ2n) is 18.1. The van der Waals surface area contributed by atoms with Gasteiger partial charge in [0, 0.05) is 19.3 Å². The number of esters is 3. The van der Waals surface area contributed by atoms with Crippen LogP contribution in [0.15, 0.2) is 72.9 Å². The topological polar surface area (TPSA) is 175 Å². The molecule has 0 bridgehead atoms. The van der Waals surface area contributed by atoms with Gasteiger partial charge in [0.25, 0.3) is 0 Å². The van der Waals surface area contributed by atoms with Crippen LogP contribution < -0.4 is 0 Å². The summed E-state index contributed by atoms with van der Waals surface area (Å²) in [7, 11) is 0. The first-order valence-corrected chi connectivity index (χ1v) is 26.9.